The molecule has 2 aromatic rings. The number of hydrogen-bond donors (Lipinski definition) is 1. The summed E-state index contributed by atoms with van der Waals surface area (Å²) in [6.07, 6.45) is 1.77. The summed E-state index contributed by atoms with van der Waals surface area (Å²) < 4.78 is 1.73. The first kappa shape index (κ1) is 11.0. The molecule has 1 unspecified atom stereocenters. The highest BCUT2D eigenvalue weighted by atomic mass is 35.5. The second-order valence-electron chi connectivity index (χ2n) is 3.69. The summed E-state index contributed by atoms with van der Waals surface area (Å²) in [5.74, 6) is -1.47. The Morgan fingerprint density at radius 3 is 2.94 bits per heavy atom. The summed E-state index contributed by atoms with van der Waals surface area (Å²) in [6.45, 7) is 3.43. The van der Waals surface area contributed by atoms with Gasteiger partial charge in [0, 0.05) is 6.20 Å². The minimum absolute atomic E-state index is 0.523. The van der Waals surface area contributed by atoms with Crippen molar-refractivity contribution in [2.45, 2.75) is 19.8 Å². The number of halogens is 1. The number of fused-ring (bicyclic) bond motifs is 1. The van der Waals surface area contributed by atoms with Crippen LogP contribution in [0.4, 0.5) is 0 Å². The van der Waals surface area contributed by atoms with Gasteiger partial charge in [-0.05, 0) is 26.0 Å². The van der Waals surface area contributed by atoms with Crippen LogP contribution >= 0.6 is 11.6 Å². The highest BCUT2D eigenvalue weighted by Gasteiger charge is 2.21. The SMILES string of the molecule is Cc1nc2c(Cl)cccn2c1C(C)C(=O)O. The minimum Gasteiger partial charge on any atom is -0.481 e. The molecule has 0 radical (unpaired) electrons. The third-order valence-electron chi connectivity index (χ3n) is 2.60. The molecule has 4 nitrogen and oxygen atoms in total. The molecule has 84 valence electrons. The number of hydrogen-bond acceptors (Lipinski definition) is 2. The molecule has 0 bridgehead atoms. The first-order valence-corrected chi connectivity index (χ1v) is 5.26. The molecule has 0 saturated heterocycles. The molecular formula is C11H11ClN2O2. The molecule has 0 saturated carbocycles. The van der Waals surface area contributed by atoms with Gasteiger partial charge in [0.1, 0.15) is 0 Å². The second-order valence-corrected chi connectivity index (χ2v) is 4.10. The van der Waals surface area contributed by atoms with Crippen LogP contribution in [0, 0.1) is 6.92 Å². The molecule has 2 heterocycles. The predicted molar refractivity (Wildman–Crippen MR) is 61.0 cm³/mol. The maximum Gasteiger partial charge on any atom is 0.312 e. The molecule has 1 atom stereocenters. The predicted octanol–water partition coefficient (Wildman–Crippen LogP) is 2.48. The Labute approximate surface area is 97.5 Å². The molecule has 0 amide bonds. The number of carboxylic acid groups (broad SMARTS) is 1. The van der Waals surface area contributed by atoms with Crippen molar-refractivity contribution in [3.63, 3.8) is 0 Å². The molecule has 0 aliphatic rings. The standard InChI is InChI=1S/C11H11ClN2O2/c1-6(11(15)16)9-7(2)13-10-8(12)4-3-5-14(9)10/h3-6H,1-2H3,(H,15,16). The zero-order valence-electron chi connectivity index (χ0n) is 8.94. The molecule has 1 N–H and O–H groups in total. The van der Waals surface area contributed by atoms with Crippen LogP contribution in [0.5, 0.6) is 0 Å². The van der Waals surface area contributed by atoms with Gasteiger partial charge in [-0.3, -0.25) is 4.79 Å². The van der Waals surface area contributed by atoms with E-state index in [0.717, 1.165) is 0 Å². The van der Waals surface area contributed by atoms with Crippen molar-refractivity contribution >= 4 is 23.2 Å². The number of nitrogens with zero attached hydrogens (tertiary/aromatic N) is 2. The van der Waals surface area contributed by atoms with Crippen LogP contribution in [0.3, 0.4) is 0 Å². The van der Waals surface area contributed by atoms with Crippen molar-refractivity contribution in [2.75, 3.05) is 0 Å². The zero-order chi connectivity index (χ0) is 11.9. The number of imidazole rings is 1. The first-order valence-electron chi connectivity index (χ1n) is 4.88. The number of pyridine rings is 1. The third-order valence-corrected chi connectivity index (χ3v) is 2.90. The normalized spacial score (nSPS) is 12.9. The Hall–Kier alpha value is -1.55. The van der Waals surface area contributed by atoms with Gasteiger partial charge in [0.2, 0.25) is 0 Å². The summed E-state index contributed by atoms with van der Waals surface area (Å²) in [4.78, 5) is 15.3. The number of aromatic nitrogens is 2. The summed E-state index contributed by atoms with van der Waals surface area (Å²) >= 11 is 6.00. The van der Waals surface area contributed by atoms with E-state index in [1.54, 1.807) is 36.6 Å². The van der Waals surface area contributed by atoms with Crippen LogP contribution in [0.25, 0.3) is 5.65 Å². The minimum atomic E-state index is -0.870. The molecular weight excluding hydrogens is 228 g/mol. The van der Waals surface area contributed by atoms with Crippen molar-refractivity contribution in [1.29, 1.82) is 0 Å². The van der Waals surface area contributed by atoms with Crippen LogP contribution in [0.15, 0.2) is 18.3 Å². The monoisotopic (exact) mass is 238 g/mol. The Morgan fingerprint density at radius 1 is 1.62 bits per heavy atom. The Balaban J connectivity index is 2.74. The molecule has 0 spiro atoms. The number of rotatable bonds is 2. The maximum atomic E-state index is 11.0. The van der Waals surface area contributed by atoms with E-state index < -0.39 is 11.9 Å². The van der Waals surface area contributed by atoms with Gasteiger partial charge in [-0.25, -0.2) is 4.98 Å². The van der Waals surface area contributed by atoms with Crippen LogP contribution in [-0.2, 0) is 4.79 Å². The molecule has 16 heavy (non-hydrogen) atoms. The highest BCUT2D eigenvalue weighted by Crippen LogP contribution is 2.25. The lowest BCUT2D eigenvalue weighted by Crippen LogP contribution is -2.11. The van der Waals surface area contributed by atoms with Gasteiger partial charge in [-0.15, -0.1) is 0 Å². The van der Waals surface area contributed by atoms with Gasteiger partial charge in [-0.1, -0.05) is 11.6 Å². The number of carbonyl (C=O) groups is 1. The number of aryl methyl sites for hydroxylation is 1. The molecule has 2 rings (SSSR count). The fraction of sp³-hybridized carbons (Fsp3) is 0.273. The van der Waals surface area contributed by atoms with Gasteiger partial charge in [0.05, 0.1) is 22.3 Å². The van der Waals surface area contributed by atoms with Crippen molar-refractivity contribution in [1.82, 2.24) is 9.38 Å². The topological polar surface area (TPSA) is 54.6 Å². The van der Waals surface area contributed by atoms with E-state index in [2.05, 4.69) is 4.98 Å². The van der Waals surface area contributed by atoms with Crippen molar-refractivity contribution in [3.8, 4) is 0 Å². The molecule has 0 aliphatic carbocycles. The quantitative estimate of drug-likeness (QED) is 0.875. The Kier molecular flexibility index (Phi) is 2.59. The molecule has 5 heteroatoms. The average Bonchev–Trinajstić information content (AvgIpc) is 2.55. The summed E-state index contributed by atoms with van der Waals surface area (Å²) in [5.41, 5.74) is 1.97. The van der Waals surface area contributed by atoms with E-state index in [9.17, 15) is 4.79 Å². The summed E-state index contributed by atoms with van der Waals surface area (Å²) in [6, 6.07) is 3.51. The Morgan fingerprint density at radius 2 is 2.31 bits per heavy atom. The largest absolute Gasteiger partial charge is 0.481 e. The number of aliphatic carboxylic acids is 1. The second kappa shape index (κ2) is 3.79. The lowest BCUT2D eigenvalue weighted by molar-refractivity contribution is -0.138. The Bertz CT molecular complexity index is 562. The molecule has 0 fully saturated rings. The maximum absolute atomic E-state index is 11.0. The van der Waals surface area contributed by atoms with E-state index in [0.29, 0.717) is 22.1 Å². The van der Waals surface area contributed by atoms with Crippen LogP contribution in [0.2, 0.25) is 5.02 Å². The van der Waals surface area contributed by atoms with Crippen LogP contribution < -0.4 is 0 Å². The highest BCUT2D eigenvalue weighted by molar-refractivity contribution is 6.33. The summed E-state index contributed by atoms with van der Waals surface area (Å²) in [5, 5.41) is 9.56. The first-order chi connectivity index (χ1) is 7.52. The number of carboxylic acids is 1. The molecule has 0 aromatic carbocycles. The average molecular weight is 239 g/mol. The summed E-state index contributed by atoms with van der Waals surface area (Å²) in [7, 11) is 0. The van der Waals surface area contributed by atoms with Gasteiger partial charge in [-0.2, -0.15) is 0 Å². The van der Waals surface area contributed by atoms with Gasteiger partial charge >= 0.3 is 5.97 Å². The fourth-order valence-corrected chi connectivity index (χ4v) is 2.01. The third kappa shape index (κ3) is 1.55. The van der Waals surface area contributed by atoms with Gasteiger partial charge < -0.3 is 9.51 Å². The molecule has 0 aliphatic heterocycles. The van der Waals surface area contributed by atoms with E-state index in [1.807, 2.05) is 0 Å². The lowest BCUT2D eigenvalue weighted by Gasteiger charge is -2.07. The van der Waals surface area contributed by atoms with Crippen molar-refractivity contribution < 1.29 is 9.90 Å². The van der Waals surface area contributed by atoms with Gasteiger partial charge in [0.15, 0.2) is 5.65 Å². The van der Waals surface area contributed by atoms with E-state index in [-0.39, 0.29) is 0 Å². The fourth-order valence-electron chi connectivity index (χ4n) is 1.80. The van der Waals surface area contributed by atoms with Crippen LogP contribution in [0.1, 0.15) is 24.2 Å². The van der Waals surface area contributed by atoms with E-state index in [1.165, 1.54) is 0 Å². The van der Waals surface area contributed by atoms with Crippen molar-refractivity contribution in [3.05, 3.63) is 34.7 Å². The molecule has 2 aromatic heterocycles. The van der Waals surface area contributed by atoms with Crippen LogP contribution in [-0.4, -0.2) is 20.5 Å². The zero-order valence-corrected chi connectivity index (χ0v) is 9.69. The van der Waals surface area contributed by atoms with Gasteiger partial charge in [0.25, 0.3) is 0 Å². The smallest absolute Gasteiger partial charge is 0.312 e. The van der Waals surface area contributed by atoms with Crippen molar-refractivity contribution in [2.24, 2.45) is 0 Å². The van der Waals surface area contributed by atoms with E-state index in [4.69, 9.17) is 16.7 Å². The van der Waals surface area contributed by atoms with E-state index >= 15 is 0 Å². The lowest BCUT2D eigenvalue weighted by atomic mass is 10.1.